The highest BCUT2D eigenvalue weighted by Gasteiger charge is 2.24. The third-order valence-corrected chi connectivity index (χ3v) is 5.92. The second kappa shape index (κ2) is 7.11. The standard InChI is InChI=1S/C17H26N4OS/c1-12-11-23-17(18-12)15-4-6-20(7-5-15)10-16-13(2)19-21(8-9-22)14(16)3/h11,15,22H,4-10H2,1-3H3. The molecule has 2 aromatic rings. The van der Waals surface area contributed by atoms with Crippen LogP contribution >= 0.6 is 11.3 Å². The molecule has 1 aliphatic heterocycles. The Morgan fingerprint density at radius 2 is 2.00 bits per heavy atom. The predicted molar refractivity (Wildman–Crippen MR) is 92.9 cm³/mol. The Balaban J connectivity index is 1.61. The maximum absolute atomic E-state index is 9.13. The van der Waals surface area contributed by atoms with Crippen LogP contribution in [0.15, 0.2) is 5.38 Å². The Labute approximate surface area is 142 Å². The van der Waals surface area contributed by atoms with E-state index >= 15 is 0 Å². The first-order chi connectivity index (χ1) is 11.1. The Bertz CT molecular complexity index is 656. The minimum absolute atomic E-state index is 0.139. The molecule has 1 aliphatic rings. The van der Waals surface area contributed by atoms with Crippen LogP contribution in [0, 0.1) is 20.8 Å². The van der Waals surface area contributed by atoms with E-state index in [2.05, 4.69) is 41.1 Å². The van der Waals surface area contributed by atoms with E-state index in [1.165, 1.54) is 29.1 Å². The molecule has 6 heteroatoms. The van der Waals surface area contributed by atoms with Crippen LogP contribution in [0.1, 0.15) is 46.4 Å². The number of likely N-dealkylation sites (tertiary alicyclic amines) is 1. The van der Waals surface area contributed by atoms with Crippen molar-refractivity contribution < 1.29 is 5.11 Å². The molecule has 1 N–H and O–H groups in total. The highest BCUT2D eigenvalue weighted by Crippen LogP contribution is 2.31. The molecule has 0 amide bonds. The van der Waals surface area contributed by atoms with E-state index in [1.807, 2.05) is 16.0 Å². The quantitative estimate of drug-likeness (QED) is 0.913. The lowest BCUT2D eigenvalue weighted by Crippen LogP contribution is -2.32. The molecular formula is C17H26N4OS. The van der Waals surface area contributed by atoms with Crippen LogP contribution in [0.2, 0.25) is 0 Å². The van der Waals surface area contributed by atoms with Gasteiger partial charge in [0, 0.05) is 34.8 Å². The highest BCUT2D eigenvalue weighted by molar-refractivity contribution is 7.09. The van der Waals surface area contributed by atoms with E-state index in [0.717, 1.165) is 31.0 Å². The number of rotatable bonds is 5. The number of aromatic nitrogens is 3. The number of aliphatic hydroxyl groups is 1. The SMILES string of the molecule is Cc1csc(C2CCN(Cc3c(C)nn(CCO)c3C)CC2)n1. The van der Waals surface area contributed by atoms with Crippen LogP contribution in [0.5, 0.6) is 0 Å². The summed E-state index contributed by atoms with van der Waals surface area (Å²) in [6.45, 7) is 10.2. The number of hydrogen-bond donors (Lipinski definition) is 1. The van der Waals surface area contributed by atoms with Crippen molar-refractivity contribution in [1.82, 2.24) is 19.7 Å². The van der Waals surface area contributed by atoms with Gasteiger partial charge in [-0.05, 0) is 46.7 Å². The third-order valence-electron chi connectivity index (χ3n) is 4.80. The van der Waals surface area contributed by atoms with Crippen LogP contribution < -0.4 is 0 Å². The van der Waals surface area contributed by atoms with Crippen LogP contribution in [-0.4, -0.2) is 44.5 Å². The maximum Gasteiger partial charge on any atom is 0.0960 e. The van der Waals surface area contributed by atoms with Gasteiger partial charge in [-0.2, -0.15) is 5.10 Å². The molecule has 2 aromatic heterocycles. The van der Waals surface area contributed by atoms with Gasteiger partial charge in [0.05, 0.1) is 23.9 Å². The molecule has 0 radical (unpaired) electrons. The smallest absolute Gasteiger partial charge is 0.0960 e. The van der Waals surface area contributed by atoms with Gasteiger partial charge in [-0.25, -0.2) is 4.98 Å². The number of thiazole rings is 1. The Morgan fingerprint density at radius 1 is 1.26 bits per heavy atom. The van der Waals surface area contributed by atoms with Gasteiger partial charge in [0.2, 0.25) is 0 Å². The van der Waals surface area contributed by atoms with Gasteiger partial charge in [-0.3, -0.25) is 9.58 Å². The first-order valence-electron chi connectivity index (χ1n) is 8.36. The van der Waals surface area contributed by atoms with Crippen molar-refractivity contribution in [3.05, 3.63) is 33.0 Å². The van der Waals surface area contributed by atoms with Crippen molar-refractivity contribution >= 4 is 11.3 Å². The summed E-state index contributed by atoms with van der Waals surface area (Å²) >= 11 is 1.81. The summed E-state index contributed by atoms with van der Waals surface area (Å²) in [5.74, 6) is 0.629. The molecule has 0 unspecified atom stereocenters. The predicted octanol–water partition coefficient (Wildman–Crippen LogP) is 2.64. The Morgan fingerprint density at radius 3 is 2.61 bits per heavy atom. The van der Waals surface area contributed by atoms with Crippen molar-refractivity contribution in [2.45, 2.75) is 52.6 Å². The topological polar surface area (TPSA) is 54.2 Å². The fraction of sp³-hybridized carbons (Fsp3) is 0.647. The fourth-order valence-electron chi connectivity index (χ4n) is 3.40. The summed E-state index contributed by atoms with van der Waals surface area (Å²) < 4.78 is 1.93. The first-order valence-corrected chi connectivity index (χ1v) is 9.24. The number of hydrogen-bond acceptors (Lipinski definition) is 5. The molecule has 3 heterocycles. The minimum atomic E-state index is 0.139. The molecule has 0 aliphatic carbocycles. The minimum Gasteiger partial charge on any atom is -0.394 e. The van der Waals surface area contributed by atoms with Crippen molar-refractivity contribution in [2.75, 3.05) is 19.7 Å². The normalized spacial score (nSPS) is 17.0. The lowest BCUT2D eigenvalue weighted by atomic mass is 9.97. The van der Waals surface area contributed by atoms with Crippen molar-refractivity contribution in [2.24, 2.45) is 0 Å². The lowest BCUT2D eigenvalue weighted by molar-refractivity contribution is 0.203. The lowest BCUT2D eigenvalue weighted by Gasteiger charge is -2.31. The molecule has 126 valence electrons. The van der Waals surface area contributed by atoms with Gasteiger partial charge in [0.15, 0.2) is 0 Å². The molecule has 5 nitrogen and oxygen atoms in total. The average Bonchev–Trinajstić information content (AvgIpc) is 3.08. The zero-order valence-electron chi connectivity index (χ0n) is 14.2. The van der Waals surface area contributed by atoms with E-state index in [0.29, 0.717) is 12.5 Å². The van der Waals surface area contributed by atoms with Gasteiger partial charge in [0.1, 0.15) is 0 Å². The number of aliphatic hydroxyl groups excluding tert-OH is 1. The average molecular weight is 334 g/mol. The van der Waals surface area contributed by atoms with E-state index in [-0.39, 0.29) is 6.61 Å². The summed E-state index contributed by atoms with van der Waals surface area (Å²) in [6.07, 6.45) is 2.38. The molecule has 23 heavy (non-hydrogen) atoms. The zero-order chi connectivity index (χ0) is 16.4. The summed E-state index contributed by atoms with van der Waals surface area (Å²) in [4.78, 5) is 7.18. The van der Waals surface area contributed by atoms with Gasteiger partial charge in [-0.1, -0.05) is 0 Å². The van der Waals surface area contributed by atoms with E-state index < -0.39 is 0 Å². The largest absolute Gasteiger partial charge is 0.394 e. The van der Waals surface area contributed by atoms with E-state index in [1.54, 1.807) is 0 Å². The molecule has 0 bridgehead atoms. The monoisotopic (exact) mass is 334 g/mol. The third kappa shape index (κ3) is 3.65. The fourth-order valence-corrected chi connectivity index (χ4v) is 4.37. The van der Waals surface area contributed by atoms with Gasteiger partial charge in [0.25, 0.3) is 0 Å². The molecule has 1 fully saturated rings. The number of nitrogens with zero attached hydrogens (tertiary/aromatic N) is 4. The molecule has 1 saturated heterocycles. The highest BCUT2D eigenvalue weighted by atomic mass is 32.1. The van der Waals surface area contributed by atoms with Gasteiger partial charge < -0.3 is 5.11 Å². The molecular weight excluding hydrogens is 308 g/mol. The van der Waals surface area contributed by atoms with Crippen molar-refractivity contribution in [1.29, 1.82) is 0 Å². The zero-order valence-corrected chi connectivity index (χ0v) is 15.1. The number of piperidine rings is 1. The maximum atomic E-state index is 9.13. The molecule has 0 atom stereocenters. The Hall–Kier alpha value is -1.24. The van der Waals surface area contributed by atoms with Crippen molar-refractivity contribution in [3.63, 3.8) is 0 Å². The van der Waals surface area contributed by atoms with Crippen LogP contribution in [0.3, 0.4) is 0 Å². The molecule has 3 rings (SSSR count). The van der Waals surface area contributed by atoms with Crippen LogP contribution in [-0.2, 0) is 13.1 Å². The van der Waals surface area contributed by atoms with E-state index in [4.69, 9.17) is 5.11 Å². The second-order valence-corrected chi connectivity index (χ2v) is 7.36. The summed E-state index contributed by atoms with van der Waals surface area (Å²) in [6, 6.07) is 0. The van der Waals surface area contributed by atoms with Gasteiger partial charge >= 0.3 is 0 Å². The van der Waals surface area contributed by atoms with Crippen molar-refractivity contribution in [3.8, 4) is 0 Å². The second-order valence-electron chi connectivity index (χ2n) is 6.47. The molecule has 0 spiro atoms. The van der Waals surface area contributed by atoms with Gasteiger partial charge in [-0.15, -0.1) is 11.3 Å². The summed E-state index contributed by atoms with van der Waals surface area (Å²) in [5.41, 5.74) is 4.75. The number of aryl methyl sites for hydroxylation is 2. The van der Waals surface area contributed by atoms with Crippen LogP contribution in [0.25, 0.3) is 0 Å². The summed E-state index contributed by atoms with van der Waals surface area (Å²) in [7, 11) is 0. The Kier molecular flexibility index (Phi) is 5.14. The first kappa shape index (κ1) is 16.6. The molecule has 0 aromatic carbocycles. The summed E-state index contributed by atoms with van der Waals surface area (Å²) in [5, 5.41) is 17.1. The molecule has 0 saturated carbocycles. The van der Waals surface area contributed by atoms with E-state index in [9.17, 15) is 0 Å². The van der Waals surface area contributed by atoms with Crippen LogP contribution in [0.4, 0.5) is 0 Å².